The minimum atomic E-state index is -0.0130. The molecule has 2 unspecified atom stereocenters. The Labute approximate surface area is 205 Å². The van der Waals surface area contributed by atoms with Gasteiger partial charge in [0.25, 0.3) is 0 Å². The molecule has 1 amide bonds. The summed E-state index contributed by atoms with van der Waals surface area (Å²) in [4.78, 5) is 20.3. The molecule has 1 fully saturated rings. The lowest BCUT2D eigenvalue weighted by atomic mass is 10.1. The number of guanidine groups is 1. The first-order valence-electron chi connectivity index (χ1n) is 11.0. The molecule has 2 N–H and O–H groups in total. The van der Waals surface area contributed by atoms with Gasteiger partial charge in [-0.05, 0) is 45.2 Å². The van der Waals surface area contributed by atoms with Crippen LogP contribution >= 0.6 is 24.0 Å². The average molecular weight is 546 g/mol. The van der Waals surface area contributed by atoms with Gasteiger partial charge in [0, 0.05) is 46.4 Å². The van der Waals surface area contributed by atoms with Crippen molar-refractivity contribution in [3.05, 3.63) is 35.9 Å². The van der Waals surface area contributed by atoms with Gasteiger partial charge >= 0.3 is 0 Å². The number of halogens is 1. The molecule has 1 aromatic carbocycles. The summed E-state index contributed by atoms with van der Waals surface area (Å²) in [6.07, 6.45) is 4.60. The van der Waals surface area contributed by atoms with Crippen LogP contribution < -0.4 is 10.6 Å². The monoisotopic (exact) mass is 545 g/mol. The van der Waals surface area contributed by atoms with Gasteiger partial charge in [0.1, 0.15) is 6.54 Å². The predicted molar refractivity (Wildman–Crippen MR) is 138 cm³/mol. The zero-order chi connectivity index (χ0) is 21.8. The van der Waals surface area contributed by atoms with Gasteiger partial charge in [-0.15, -0.1) is 24.0 Å². The van der Waals surface area contributed by atoms with Crippen molar-refractivity contribution in [1.29, 1.82) is 0 Å². The fourth-order valence-corrected chi connectivity index (χ4v) is 3.29. The summed E-state index contributed by atoms with van der Waals surface area (Å²) in [7, 11) is 5.65. The molecule has 1 saturated heterocycles. The van der Waals surface area contributed by atoms with E-state index in [1.807, 2.05) is 6.07 Å². The van der Waals surface area contributed by atoms with Crippen LogP contribution in [0.5, 0.6) is 0 Å². The van der Waals surface area contributed by atoms with Crippen molar-refractivity contribution in [2.24, 2.45) is 4.99 Å². The summed E-state index contributed by atoms with van der Waals surface area (Å²) < 4.78 is 5.80. The molecular weight excluding hydrogens is 505 g/mol. The van der Waals surface area contributed by atoms with Gasteiger partial charge in [-0.25, -0.2) is 4.99 Å². The Bertz CT molecular complexity index is 651. The van der Waals surface area contributed by atoms with Crippen LogP contribution in [0.15, 0.2) is 35.3 Å². The highest BCUT2D eigenvalue weighted by Crippen LogP contribution is 2.11. The Morgan fingerprint density at radius 1 is 1.19 bits per heavy atom. The van der Waals surface area contributed by atoms with Gasteiger partial charge in [-0.3, -0.25) is 9.69 Å². The fourth-order valence-electron chi connectivity index (χ4n) is 3.29. The van der Waals surface area contributed by atoms with Crippen LogP contribution in [0.3, 0.4) is 0 Å². The van der Waals surface area contributed by atoms with Crippen molar-refractivity contribution < 1.29 is 9.53 Å². The SMILES string of the molecule is CC(CCNC(=NCC(=O)N(C)C)NCC1CCCCO1)N(C)Cc1ccccc1.I. The summed E-state index contributed by atoms with van der Waals surface area (Å²) in [6.45, 7) is 5.63. The van der Waals surface area contributed by atoms with E-state index in [4.69, 9.17) is 4.74 Å². The highest BCUT2D eigenvalue weighted by molar-refractivity contribution is 14.0. The number of carbonyl (C=O) groups is 1. The summed E-state index contributed by atoms with van der Waals surface area (Å²) in [5.41, 5.74) is 1.32. The smallest absolute Gasteiger partial charge is 0.243 e. The molecule has 0 radical (unpaired) electrons. The lowest BCUT2D eigenvalue weighted by Gasteiger charge is -2.26. The Kier molecular flexibility index (Phi) is 13.7. The molecule has 1 aliphatic rings. The molecule has 0 saturated carbocycles. The highest BCUT2D eigenvalue weighted by atomic mass is 127. The number of nitrogens with zero attached hydrogens (tertiary/aromatic N) is 3. The number of likely N-dealkylation sites (N-methyl/N-ethyl adjacent to an activating group) is 1. The number of ether oxygens (including phenoxy) is 1. The zero-order valence-electron chi connectivity index (χ0n) is 19.5. The first-order chi connectivity index (χ1) is 14.5. The quantitative estimate of drug-likeness (QED) is 0.269. The lowest BCUT2D eigenvalue weighted by molar-refractivity contribution is -0.127. The molecule has 0 aliphatic carbocycles. The highest BCUT2D eigenvalue weighted by Gasteiger charge is 2.15. The second kappa shape index (κ2) is 15.4. The minimum Gasteiger partial charge on any atom is -0.376 e. The van der Waals surface area contributed by atoms with E-state index < -0.39 is 0 Å². The first-order valence-corrected chi connectivity index (χ1v) is 11.0. The van der Waals surface area contributed by atoms with E-state index in [0.29, 0.717) is 18.5 Å². The second-order valence-corrected chi connectivity index (χ2v) is 8.29. The van der Waals surface area contributed by atoms with Gasteiger partial charge in [-0.2, -0.15) is 0 Å². The normalized spacial score (nSPS) is 17.6. The third-order valence-electron chi connectivity index (χ3n) is 5.52. The number of nitrogens with one attached hydrogen (secondary N) is 2. The van der Waals surface area contributed by atoms with E-state index in [0.717, 1.165) is 39.0 Å². The van der Waals surface area contributed by atoms with Crippen molar-refractivity contribution in [2.45, 2.75) is 51.3 Å². The Hall–Kier alpha value is -1.39. The van der Waals surface area contributed by atoms with E-state index in [2.05, 4.69) is 58.8 Å². The van der Waals surface area contributed by atoms with Crippen molar-refractivity contribution in [1.82, 2.24) is 20.4 Å². The largest absolute Gasteiger partial charge is 0.376 e. The van der Waals surface area contributed by atoms with Crippen molar-refractivity contribution in [3.8, 4) is 0 Å². The molecule has 8 heteroatoms. The Morgan fingerprint density at radius 2 is 1.94 bits per heavy atom. The van der Waals surface area contributed by atoms with Crippen molar-refractivity contribution >= 4 is 35.8 Å². The van der Waals surface area contributed by atoms with Crippen LogP contribution in [0, 0.1) is 0 Å². The number of hydrogen-bond acceptors (Lipinski definition) is 4. The summed E-state index contributed by atoms with van der Waals surface area (Å²) >= 11 is 0. The average Bonchev–Trinajstić information content (AvgIpc) is 2.76. The number of amides is 1. The van der Waals surface area contributed by atoms with E-state index in [1.165, 1.54) is 12.0 Å². The number of benzene rings is 1. The standard InChI is InChI=1S/C23H39N5O2.HI/c1-19(28(4)18-20-10-6-5-7-11-20)13-14-24-23(26-17-22(29)27(2)3)25-16-21-12-8-9-15-30-21;/h5-7,10-11,19,21H,8-9,12-18H2,1-4H3,(H2,24,25,26);1H. The number of carbonyl (C=O) groups excluding carboxylic acids is 1. The molecule has 0 aromatic heterocycles. The molecule has 1 aliphatic heterocycles. The molecule has 31 heavy (non-hydrogen) atoms. The third kappa shape index (κ3) is 11.2. The van der Waals surface area contributed by atoms with E-state index >= 15 is 0 Å². The predicted octanol–water partition coefficient (Wildman–Crippen LogP) is 2.71. The number of rotatable bonds is 10. The van der Waals surface area contributed by atoms with Gasteiger partial charge < -0.3 is 20.3 Å². The maximum atomic E-state index is 11.9. The maximum absolute atomic E-state index is 11.9. The van der Waals surface area contributed by atoms with E-state index in [9.17, 15) is 4.79 Å². The van der Waals surface area contributed by atoms with Gasteiger partial charge in [0.2, 0.25) is 5.91 Å². The molecule has 2 atom stereocenters. The van der Waals surface area contributed by atoms with Crippen LogP contribution in [0.25, 0.3) is 0 Å². The lowest BCUT2D eigenvalue weighted by Crippen LogP contribution is -2.44. The van der Waals surface area contributed by atoms with Crippen molar-refractivity contribution in [2.75, 3.05) is 47.4 Å². The van der Waals surface area contributed by atoms with Crippen LogP contribution in [-0.2, 0) is 16.1 Å². The fraction of sp³-hybridized carbons (Fsp3) is 0.652. The zero-order valence-corrected chi connectivity index (χ0v) is 21.8. The molecular formula is C23H40IN5O2. The topological polar surface area (TPSA) is 69.2 Å². The van der Waals surface area contributed by atoms with Gasteiger partial charge in [-0.1, -0.05) is 30.3 Å². The van der Waals surface area contributed by atoms with Gasteiger partial charge in [0.05, 0.1) is 6.10 Å². The number of aliphatic imine (C=N–C) groups is 1. The minimum absolute atomic E-state index is 0. The number of hydrogen-bond donors (Lipinski definition) is 2. The van der Waals surface area contributed by atoms with Crippen LogP contribution in [0.1, 0.15) is 38.2 Å². The summed E-state index contributed by atoms with van der Waals surface area (Å²) in [6, 6.07) is 10.9. The second-order valence-electron chi connectivity index (χ2n) is 8.29. The molecule has 2 rings (SSSR count). The molecule has 1 aromatic rings. The van der Waals surface area contributed by atoms with E-state index in [-0.39, 0.29) is 42.5 Å². The Balaban J connectivity index is 0.00000480. The summed E-state index contributed by atoms with van der Waals surface area (Å²) in [5.74, 6) is 0.665. The third-order valence-corrected chi connectivity index (χ3v) is 5.52. The Morgan fingerprint density at radius 3 is 2.58 bits per heavy atom. The summed E-state index contributed by atoms with van der Waals surface area (Å²) in [5, 5.41) is 6.75. The van der Waals surface area contributed by atoms with E-state index in [1.54, 1.807) is 19.0 Å². The van der Waals surface area contributed by atoms with Crippen LogP contribution in [0.4, 0.5) is 0 Å². The molecule has 0 spiro atoms. The van der Waals surface area contributed by atoms with Gasteiger partial charge in [0.15, 0.2) is 5.96 Å². The molecule has 176 valence electrons. The maximum Gasteiger partial charge on any atom is 0.243 e. The molecule has 0 bridgehead atoms. The van der Waals surface area contributed by atoms with Crippen LogP contribution in [-0.4, -0.2) is 81.2 Å². The first kappa shape index (κ1) is 27.6. The van der Waals surface area contributed by atoms with Crippen molar-refractivity contribution in [3.63, 3.8) is 0 Å². The molecule has 1 heterocycles. The van der Waals surface area contributed by atoms with Crippen LogP contribution in [0.2, 0.25) is 0 Å². The molecule has 7 nitrogen and oxygen atoms in total.